The van der Waals surface area contributed by atoms with Crippen molar-refractivity contribution in [3.63, 3.8) is 0 Å². The third-order valence-corrected chi connectivity index (χ3v) is 6.41. The van der Waals surface area contributed by atoms with Gasteiger partial charge in [0.05, 0.1) is 24.4 Å². The molecule has 2 aliphatic heterocycles. The number of nitrogens with zero attached hydrogens (tertiary/aromatic N) is 4. The molecule has 4 heterocycles. The SMILES string of the molecule is CC(C)(CN1CCCC1)NC(=O)c1ccc(-c2ccc3nc(N)nc(O[C@H]4CCOC4)c3n2)cc1. The van der Waals surface area contributed by atoms with Crippen LogP contribution in [0.25, 0.3) is 22.3 Å². The summed E-state index contributed by atoms with van der Waals surface area (Å²) in [7, 11) is 0. The minimum absolute atomic E-state index is 0.0782. The lowest BCUT2D eigenvalue weighted by Gasteiger charge is -2.31. The first-order chi connectivity index (χ1) is 16.9. The van der Waals surface area contributed by atoms with Gasteiger partial charge in [-0.05, 0) is 64.0 Å². The summed E-state index contributed by atoms with van der Waals surface area (Å²) < 4.78 is 11.4. The van der Waals surface area contributed by atoms with Gasteiger partial charge < -0.3 is 25.4 Å². The molecule has 2 aliphatic rings. The number of hydrogen-bond donors (Lipinski definition) is 2. The van der Waals surface area contributed by atoms with Gasteiger partial charge in [0.2, 0.25) is 11.8 Å². The van der Waals surface area contributed by atoms with Crippen LogP contribution in [0.15, 0.2) is 36.4 Å². The summed E-state index contributed by atoms with van der Waals surface area (Å²) in [5, 5.41) is 3.18. The number of carbonyl (C=O) groups excluding carboxylic acids is 1. The van der Waals surface area contributed by atoms with Crippen LogP contribution in [-0.4, -0.2) is 70.2 Å². The third kappa shape index (κ3) is 5.52. The Bertz CT molecular complexity index is 1200. The van der Waals surface area contributed by atoms with E-state index in [1.54, 1.807) is 0 Å². The van der Waals surface area contributed by atoms with Crippen molar-refractivity contribution < 1.29 is 14.3 Å². The molecule has 2 saturated heterocycles. The Kier molecular flexibility index (Phi) is 6.53. The van der Waals surface area contributed by atoms with Gasteiger partial charge in [-0.2, -0.15) is 4.98 Å². The summed E-state index contributed by atoms with van der Waals surface area (Å²) >= 11 is 0. The van der Waals surface area contributed by atoms with E-state index in [1.807, 2.05) is 36.4 Å². The molecule has 9 heteroatoms. The number of nitrogens with two attached hydrogens (primary N) is 1. The van der Waals surface area contributed by atoms with Crippen molar-refractivity contribution in [1.82, 2.24) is 25.2 Å². The molecule has 1 atom stereocenters. The molecule has 0 unspecified atom stereocenters. The van der Waals surface area contributed by atoms with Crippen LogP contribution in [-0.2, 0) is 4.74 Å². The summed E-state index contributed by atoms with van der Waals surface area (Å²) in [6.45, 7) is 8.38. The first-order valence-electron chi connectivity index (χ1n) is 12.2. The van der Waals surface area contributed by atoms with E-state index in [0.29, 0.717) is 35.7 Å². The highest BCUT2D eigenvalue weighted by Crippen LogP contribution is 2.28. The summed E-state index contributed by atoms with van der Waals surface area (Å²) in [6, 6.07) is 11.2. The molecule has 0 spiro atoms. The smallest absolute Gasteiger partial charge is 0.251 e. The Labute approximate surface area is 205 Å². The fourth-order valence-electron chi connectivity index (χ4n) is 4.72. The van der Waals surface area contributed by atoms with E-state index in [-0.39, 0.29) is 23.5 Å². The van der Waals surface area contributed by atoms with E-state index in [4.69, 9.17) is 20.2 Å². The van der Waals surface area contributed by atoms with Crippen molar-refractivity contribution in [2.24, 2.45) is 0 Å². The standard InChI is InChI=1S/C26H32N6O3/c1-26(2,16-32-12-3-4-13-32)31-23(33)18-7-5-17(6-8-18)20-9-10-21-22(28-20)24(30-25(27)29-21)35-19-11-14-34-15-19/h5-10,19H,3-4,11-16H2,1-2H3,(H,31,33)(H2,27,29,30)/t19-/m0/s1. The van der Waals surface area contributed by atoms with Crippen LogP contribution in [0.4, 0.5) is 5.95 Å². The maximum absolute atomic E-state index is 12.9. The average Bonchev–Trinajstić information content (AvgIpc) is 3.53. The van der Waals surface area contributed by atoms with Gasteiger partial charge in [-0.1, -0.05) is 12.1 Å². The summed E-state index contributed by atoms with van der Waals surface area (Å²) in [5.41, 5.74) is 8.98. The Morgan fingerprint density at radius 3 is 2.63 bits per heavy atom. The van der Waals surface area contributed by atoms with Crippen LogP contribution in [0, 0.1) is 0 Å². The van der Waals surface area contributed by atoms with E-state index in [0.717, 1.165) is 37.3 Å². The molecule has 0 bridgehead atoms. The van der Waals surface area contributed by atoms with Gasteiger partial charge in [0.15, 0.2) is 5.52 Å². The fourth-order valence-corrected chi connectivity index (χ4v) is 4.72. The van der Waals surface area contributed by atoms with Crippen LogP contribution in [0.5, 0.6) is 5.88 Å². The number of anilines is 1. The van der Waals surface area contributed by atoms with Gasteiger partial charge in [0, 0.05) is 29.6 Å². The number of pyridine rings is 1. The van der Waals surface area contributed by atoms with Gasteiger partial charge in [-0.3, -0.25) is 4.79 Å². The highest BCUT2D eigenvalue weighted by atomic mass is 16.5. The predicted octanol–water partition coefficient (Wildman–Crippen LogP) is 3.05. The topological polar surface area (TPSA) is 115 Å². The molecule has 0 radical (unpaired) electrons. The van der Waals surface area contributed by atoms with Gasteiger partial charge in [-0.15, -0.1) is 0 Å². The maximum atomic E-state index is 12.9. The molecule has 9 nitrogen and oxygen atoms in total. The number of nitrogen functional groups attached to an aromatic ring is 1. The van der Waals surface area contributed by atoms with Crippen molar-refractivity contribution in [1.29, 1.82) is 0 Å². The van der Waals surface area contributed by atoms with Crippen molar-refractivity contribution in [3.05, 3.63) is 42.0 Å². The number of aromatic nitrogens is 3. The van der Waals surface area contributed by atoms with E-state index < -0.39 is 0 Å². The molecule has 1 aromatic carbocycles. The molecule has 1 amide bonds. The van der Waals surface area contributed by atoms with Crippen molar-refractivity contribution in [2.45, 2.75) is 44.8 Å². The number of ether oxygens (including phenoxy) is 2. The zero-order valence-electron chi connectivity index (χ0n) is 20.3. The number of amides is 1. The highest BCUT2D eigenvalue weighted by molar-refractivity contribution is 5.95. The lowest BCUT2D eigenvalue weighted by molar-refractivity contribution is 0.0894. The zero-order chi connectivity index (χ0) is 24.4. The summed E-state index contributed by atoms with van der Waals surface area (Å²) in [5.74, 6) is 0.427. The monoisotopic (exact) mass is 476 g/mol. The van der Waals surface area contributed by atoms with E-state index >= 15 is 0 Å². The molecule has 2 fully saturated rings. The number of likely N-dealkylation sites (tertiary alicyclic amines) is 1. The number of fused-ring (bicyclic) bond motifs is 1. The van der Waals surface area contributed by atoms with E-state index in [1.165, 1.54) is 12.8 Å². The molecule has 35 heavy (non-hydrogen) atoms. The first kappa shape index (κ1) is 23.4. The second-order valence-corrected chi connectivity index (χ2v) is 9.95. The van der Waals surface area contributed by atoms with Crippen LogP contribution in [0.3, 0.4) is 0 Å². The molecule has 184 valence electrons. The molecule has 5 rings (SSSR count). The molecule has 0 saturated carbocycles. The van der Waals surface area contributed by atoms with Gasteiger partial charge in [0.25, 0.3) is 5.91 Å². The Morgan fingerprint density at radius 1 is 1.14 bits per heavy atom. The Morgan fingerprint density at radius 2 is 1.91 bits per heavy atom. The summed E-state index contributed by atoms with van der Waals surface area (Å²) in [4.78, 5) is 28.6. The van der Waals surface area contributed by atoms with Gasteiger partial charge >= 0.3 is 0 Å². The molecule has 3 aromatic rings. The number of carbonyl (C=O) groups is 1. The van der Waals surface area contributed by atoms with Crippen LogP contribution in [0.2, 0.25) is 0 Å². The van der Waals surface area contributed by atoms with Gasteiger partial charge in [0.1, 0.15) is 6.10 Å². The van der Waals surface area contributed by atoms with Crippen LogP contribution < -0.4 is 15.8 Å². The van der Waals surface area contributed by atoms with Crippen molar-refractivity contribution in [3.8, 4) is 17.1 Å². The molecule has 2 aromatic heterocycles. The number of hydrogen-bond acceptors (Lipinski definition) is 8. The van der Waals surface area contributed by atoms with Crippen LogP contribution in [0.1, 0.15) is 43.5 Å². The predicted molar refractivity (Wildman–Crippen MR) is 134 cm³/mol. The maximum Gasteiger partial charge on any atom is 0.251 e. The lowest BCUT2D eigenvalue weighted by Crippen LogP contribution is -2.50. The minimum Gasteiger partial charge on any atom is -0.470 e. The Hall–Kier alpha value is -3.30. The van der Waals surface area contributed by atoms with Gasteiger partial charge in [-0.25, -0.2) is 9.97 Å². The van der Waals surface area contributed by atoms with Crippen LogP contribution >= 0.6 is 0 Å². The van der Waals surface area contributed by atoms with E-state index in [9.17, 15) is 4.79 Å². The number of rotatable bonds is 7. The first-order valence-corrected chi connectivity index (χ1v) is 12.2. The van der Waals surface area contributed by atoms with Crippen molar-refractivity contribution >= 4 is 22.9 Å². The Balaban J connectivity index is 1.33. The quantitative estimate of drug-likeness (QED) is 0.535. The summed E-state index contributed by atoms with van der Waals surface area (Å²) in [6.07, 6.45) is 3.18. The lowest BCUT2D eigenvalue weighted by atomic mass is 10.0. The molecule has 3 N–H and O–H groups in total. The molecular formula is C26H32N6O3. The normalized spacial score (nSPS) is 18.7. The van der Waals surface area contributed by atoms with Crippen molar-refractivity contribution in [2.75, 3.05) is 38.6 Å². The average molecular weight is 477 g/mol. The largest absolute Gasteiger partial charge is 0.470 e. The number of benzene rings is 1. The number of nitrogens with one attached hydrogen (secondary N) is 1. The molecule has 0 aliphatic carbocycles. The zero-order valence-corrected chi connectivity index (χ0v) is 20.3. The molecular weight excluding hydrogens is 444 g/mol. The fraction of sp³-hybridized carbons (Fsp3) is 0.462. The minimum atomic E-state index is -0.303. The third-order valence-electron chi connectivity index (χ3n) is 6.41. The second-order valence-electron chi connectivity index (χ2n) is 9.95. The van der Waals surface area contributed by atoms with E-state index in [2.05, 4.69) is 34.0 Å². The second kappa shape index (κ2) is 9.75. The highest BCUT2D eigenvalue weighted by Gasteiger charge is 2.26.